The zero-order valence-electron chi connectivity index (χ0n) is 14.3. The van der Waals surface area contributed by atoms with E-state index in [4.69, 9.17) is 16.2 Å². The lowest BCUT2D eigenvalue weighted by Gasteiger charge is -2.06. The van der Waals surface area contributed by atoms with Crippen LogP contribution in [0.1, 0.15) is 19.2 Å². The highest BCUT2D eigenvalue weighted by molar-refractivity contribution is 5.76. The van der Waals surface area contributed by atoms with Crippen molar-refractivity contribution < 1.29 is 9.53 Å². The molecule has 0 aliphatic rings. The molecule has 4 N–H and O–H groups in total. The van der Waals surface area contributed by atoms with Gasteiger partial charge in [-0.15, -0.1) is 0 Å². The number of hydrogen-bond acceptors (Lipinski definition) is 8. The average molecular weight is 357 g/mol. The van der Waals surface area contributed by atoms with Gasteiger partial charge in [-0.25, -0.2) is 4.79 Å². The number of hydrogen-bond donors (Lipinski definition) is 2. The van der Waals surface area contributed by atoms with Gasteiger partial charge >= 0.3 is 11.7 Å². The number of nitrogens with zero attached hydrogens (tertiary/aromatic N) is 5. The van der Waals surface area contributed by atoms with E-state index in [9.17, 15) is 9.59 Å². The summed E-state index contributed by atoms with van der Waals surface area (Å²) < 4.78 is 8.35. The van der Waals surface area contributed by atoms with Crippen molar-refractivity contribution >= 4 is 28.9 Å². The van der Waals surface area contributed by atoms with Crippen LogP contribution in [0.2, 0.25) is 0 Å². The number of benzene rings is 1. The van der Waals surface area contributed by atoms with Crippen LogP contribution in [0.3, 0.4) is 0 Å². The van der Waals surface area contributed by atoms with Crippen molar-refractivity contribution in [3.05, 3.63) is 40.6 Å². The van der Waals surface area contributed by atoms with Gasteiger partial charge in [0.05, 0.1) is 17.5 Å². The van der Waals surface area contributed by atoms with E-state index in [1.165, 1.54) is 0 Å². The molecule has 1 aromatic carbocycles. The van der Waals surface area contributed by atoms with Crippen LogP contribution in [0.15, 0.2) is 29.1 Å². The summed E-state index contributed by atoms with van der Waals surface area (Å²) in [6.07, 6.45) is 0.0354. The second kappa shape index (κ2) is 7.21. The van der Waals surface area contributed by atoms with Crippen molar-refractivity contribution in [1.82, 2.24) is 24.1 Å². The number of para-hydroxylation sites is 2. The number of aryl methyl sites for hydroxylation is 2. The van der Waals surface area contributed by atoms with E-state index < -0.39 is 5.97 Å². The van der Waals surface area contributed by atoms with Crippen molar-refractivity contribution in [3.8, 4) is 0 Å². The van der Waals surface area contributed by atoms with Crippen molar-refractivity contribution in [3.63, 3.8) is 0 Å². The number of esters is 1. The number of nitrogens with two attached hydrogens (primary N) is 2. The van der Waals surface area contributed by atoms with Crippen molar-refractivity contribution in [2.24, 2.45) is 0 Å². The molecule has 0 unspecified atom stereocenters. The van der Waals surface area contributed by atoms with E-state index >= 15 is 0 Å². The molecule has 2 aromatic heterocycles. The molecule has 0 fully saturated rings. The van der Waals surface area contributed by atoms with E-state index in [2.05, 4.69) is 15.0 Å². The first kappa shape index (κ1) is 17.4. The van der Waals surface area contributed by atoms with E-state index in [0.717, 1.165) is 11.0 Å². The van der Waals surface area contributed by atoms with Crippen molar-refractivity contribution in [2.45, 2.75) is 33.0 Å². The van der Waals surface area contributed by atoms with Crippen LogP contribution in [0, 0.1) is 0 Å². The fraction of sp³-hybridized carbons (Fsp3) is 0.312. The Morgan fingerprint density at radius 2 is 1.69 bits per heavy atom. The first-order valence-electron chi connectivity index (χ1n) is 8.09. The van der Waals surface area contributed by atoms with Gasteiger partial charge in [0, 0.05) is 13.1 Å². The largest absolute Gasteiger partial charge is 0.457 e. The minimum absolute atomic E-state index is 0.0354. The Morgan fingerprint density at radius 1 is 1.08 bits per heavy atom. The second-order valence-electron chi connectivity index (χ2n) is 5.55. The summed E-state index contributed by atoms with van der Waals surface area (Å²) in [5.41, 5.74) is 12.4. The summed E-state index contributed by atoms with van der Waals surface area (Å²) >= 11 is 0. The Morgan fingerprint density at radius 3 is 2.31 bits per heavy atom. The smallest absolute Gasteiger partial charge is 0.329 e. The van der Waals surface area contributed by atoms with Crippen LogP contribution < -0.4 is 17.2 Å². The van der Waals surface area contributed by atoms with Gasteiger partial charge in [-0.1, -0.05) is 12.1 Å². The third-order valence-corrected chi connectivity index (χ3v) is 3.86. The van der Waals surface area contributed by atoms with Crippen LogP contribution in [0.25, 0.3) is 11.0 Å². The molecule has 0 atom stereocenters. The predicted octanol–water partition coefficient (Wildman–Crippen LogP) is 0.306. The molecule has 3 rings (SSSR count). The summed E-state index contributed by atoms with van der Waals surface area (Å²) in [5.74, 6) is -0.393. The number of fused-ring (bicyclic) bond motifs is 1. The molecule has 26 heavy (non-hydrogen) atoms. The highest BCUT2D eigenvalue weighted by atomic mass is 16.5. The first-order valence-corrected chi connectivity index (χ1v) is 8.09. The molecule has 0 bridgehead atoms. The molecule has 0 saturated heterocycles. The number of nitrogen functional groups attached to an aromatic ring is 2. The molecule has 0 aliphatic carbocycles. The van der Waals surface area contributed by atoms with Gasteiger partial charge in [-0.3, -0.25) is 13.9 Å². The maximum atomic E-state index is 12.5. The molecule has 10 nitrogen and oxygen atoms in total. The van der Waals surface area contributed by atoms with Gasteiger partial charge < -0.3 is 16.2 Å². The van der Waals surface area contributed by atoms with Crippen LogP contribution in [0.4, 0.5) is 11.9 Å². The third kappa shape index (κ3) is 3.48. The molecule has 0 aliphatic heterocycles. The number of ether oxygens (including phenoxy) is 1. The Kier molecular flexibility index (Phi) is 4.83. The highest BCUT2D eigenvalue weighted by Gasteiger charge is 2.13. The number of carbonyl (C=O) groups excluding carboxylic acids is 1. The maximum Gasteiger partial charge on any atom is 0.329 e. The zero-order valence-corrected chi connectivity index (χ0v) is 14.3. The first-order chi connectivity index (χ1) is 12.5. The molecule has 0 amide bonds. The van der Waals surface area contributed by atoms with Crippen molar-refractivity contribution in [1.29, 1.82) is 0 Å². The summed E-state index contributed by atoms with van der Waals surface area (Å²) in [5, 5.41) is 0. The Bertz CT molecular complexity index is 988. The summed E-state index contributed by atoms with van der Waals surface area (Å²) in [4.78, 5) is 35.8. The molecule has 0 radical (unpaired) electrons. The number of aromatic nitrogens is 5. The van der Waals surface area contributed by atoms with Crippen molar-refractivity contribution in [2.75, 3.05) is 11.5 Å². The third-order valence-electron chi connectivity index (χ3n) is 3.86. The lowest BCUT2D eigenvalue weighted by molar-refractivity contribution is -0.145. The monoisotopic (exact) mass is 357 g/mol. The molecule has 0 saturated carbocycles. The second-order valence-corrected chi connectivity index (χ2v) is 5.55. The van der Waals surface area contributed by atoms with Gasteiger partial charge in [0.1, 0.15) is 0 Å². The van der Waals surface area contributed by atoms with Crippen LogP contribution in [-0.4, -0.2) is 30.1 Å². The normalized spacial score (nSPS) is 11.0. The summed E-state index contributed by atoms with van der Waals surface area (Å²) in [6.45, 7) is 2.51. The molecule has 136 valence electrons. The molecule has 3 aromatic rings. The molecule has 2 heterocycles. The fourth-order valence-electron chi connectivity index (χ4n) is 2.74. The molecular weight excluding hydrogens is 338 g/mol. The SMILES string of the molecule is CCn1c(=O)n(CCC(=O)OCc2nc(N)nc(N)n2)c2ccccc21. The van der Waals surface area contributed by atoms with Gasteiger partial charge in [-0.2, -0.15) is 15.0 Å². The minimum Gasteiger partial charge on any atom is -0.457 e. The standard InChI is InChI=1S/C16H19N7O3/c1-2-22-10-5-3-4-6-11(10)23(16(22)25)8-7-13(24)26-9-12-19-14(17)21-15(18)20-12/h3-6H,2,7-9H2,1H3,(H4,17,18,19,20,21). The van der Waals surface area contributed by atoms with Gasteiger partial charge in [0.2, 0.25) is 11.9 Å². The Balaban J connectivity index is 1.67. The van der Waals surface area contributed by atoms with E-state index in [0.29, 0.717) is 6.54 Å². The van der Waals surface area contributed by atoms with E-state index in [1.54, 1.807) is 9.13 Å². The van der Waals surface area contributed by atoms with Crippen LogP contribution >= 0.6 is 0 Å². The fourth-order valence-corrected chi connectivity index (χ4v) is 2.74. The Labute approximate surface area is 148 Å². The van der Waals surface area contributed by atoms with E-state index in [1.807, 2.05) is 31.2 Å². The number of anilines is 2. The topological polar surface area (TPSA) is 144 Å². The van der Waals surface area contributed by atoms with Gasteiger partial charge in [0.25, 0.3) is 0 Å². The maximum absolute atomic E-state index is 12.5. The predicted molar refractivity (Wildman–Crippen MR) is 94.9 cm³/mol. The number of rotatable bonds is 6. The average Bonchev–Trinajstić information content (AvgIpc) is 2.88. The lowest BCUT2D eigenvalue weighted by Crippen LogP contribution is -2.25. The van der Waals surface area contributed by atoms with Crippen LogP contribution in [-0.2, 0) is 29.2 Å². The zero-order chi connectivity index (χ0) is 18.7. The molecule has 10 heteroatoms. The Hall–Kier alpha value is -3.43. The number of carbonyl (C=O) groups is 1. The molecular formula is C16H19N7O3. The van der Waals surface area contributed by atoms with Gasteiger partial charge in [0.15, 0.2) is 12.4 Å². The minimum atomic E-state index is -0.484. The van der Waals surface area contributed by atoms with Gasteiger partial charge in [-0.05, 0) is 19.1 Å². The number of imidazole rings is 1. The quantitative estimate of drug-likeness (QED) is 0.600. The van der Waals surface area contributed by atoms with Crippen LogP contribution in [0.5, 0.6) is 0 Å². The highest BCUT2D eigenvalue weighted by Crippen LogP contribution is 2.13. The summed E-state index contributed by atoms with van der Waals surface area (Å²) in [7, 11) is 0. The lowest BCUT2D eigenvalue weighted by atomic mass is 10.3. The summed E-state index contributed by atoms with van der Waals surface area (Å²) in [6, 6.07) is 7.46. The molecule has 0 spiro atoms. The van der Waals surface area contributed by atoms with E-state index in [-0.39, 0.29) is 43.0 Å².